The van der Waals surface area contributed by atoms with E-state index in [1.54, 1.807) is 6.92 Å². The maximum absolute atomic E-state index is 11.4. The maximum atomic E-state index is 11.4. The summed E-state index contributed by atoms with van der Waals surface area (Å²) >= 11 is 9.23. The molecular weight excluding hydrogens is 300 g/mol. The van der Waals surface area contributed by atoms with E-state index in [1.165, 1.54) is 6.21 Å². The van der Waals surface area contributed by atoms with Crippen LogP contribution in [0.4, 0.5) is 0 Å². The highest BCUT2D eigenvalue weighted by molar-refractivity contribution is 7.80. The first kappa shape index (κ1) is 18.2. The molecule has 0 aliphatic rings. The molecular formula is C10H18N6O2S2. The molecule has 0 radical (unpaired) electrons. The first-order chi connectivity index (χ1) is 9.36. The van der Waals surface area contributed by atoms with E-state index in [9.17, 15) is 4.79 Å². The van der Waals surface area contributed by atoms with Crippen molar-refractivity contribution in [2.24, 2.45) is 21.7 Å². The van der Waals surface area contributed by atoms with Crippen molar-refractivity contribution in [1.82, 2.24) is 10.9 Å². The van der Waals surface area contributed by atoms with E-state index in [4.69, 9.17) is 16.2 Å². The van der Waals surface area contributed by atoms with Crippen LogP contribution in [0, 0.1) is 0 Å². The lowest BCUT2D eigenvalue weighted by atomic mass is 10.2. The Bertz CT molecular complexity index is 424. The van der Waals surface area contributed by atoms with Gasteiger partial charge < -0.3 is 16.2 Å². The minimum absolute atomic E-state index is 0.00136. The van der Waals surface area contributed by atoms with Crippen LogP contribution in [0.25, 0.3) is 0 Å². The SMILES string of the molecule is CCCC(=O)OC(C)C(/C=N/NC(N)=S)=N/NC(N)=S. The van der Waals surface area contributed by atoms with Crippen LogP contribution in [0.3, 0.4) is 0 Å². The van der Waals surface area contributed by atoms with Gasteiger partial charge in [-0.1, -0.05) is 6.92 Å². The van der Waals surface area contributed by atoms with Crippen LogP contribution in [0.1, 0.15) is 26.7 Å². The minimum Gasteiger partial charge on any atom is -0.456 e. The second kappa shape index (κ2) is 10.0. The molecule has 0 spiro atoms. The molecule has 0 aromatic rings. The van der Waals surface area contributed by atoms with Gasteiger partial charge in [0.2, 0.25) is 0 Å². The number of carbonyl (C=O) groups is 1. The largest absolute Gasteiger partial charge is 0.456 e. The van der Waals surface area contributed by atoms with Crippen LogP contribution in [0.15, 0.2) is 10.2 Å². The summed E-state index contributed by atoms with van der Waals surface area (Å²) in [4.78, 5) is 11.4. The average Bonchev–Trinajstić information content (AvgIpc) is 2.32. The van der Waals surface area contributed by atoms with E-state index < -0.39 is 6.10 Å². The highest BCUT2D eigenvalue weighted by atomic mass is 32.1. The summed E-state index contributed by atoms with van der Waals surface area (Å²) in [5.74, 6) is -0.335. The number of nitrogens with one attached hydrogen (secondary N) is 2. The number of thiocarbonyl (C=S) groups is 2. The summed E-state index contributed by atoms with van der Waals surface area (Å²) in [6.07, 6.45) is 1.69. The number of hydrogen-bond donors (Lipinski definition) is 4. The highest BCUT2D eigenvalue weighted by Crippen LogP contribution is 1.99. The zero-order valence-corrected chi connectivity index (χ0v) is 12.9. The first-order valence-corrected chi connectivity index (χ1v) is 6.59. The Morgan fingerprint density at radius 3 is 2.45 bits per heavy atom. The number of esters is 1. The number of hydrogen-bond acceptors (Lipinski definition) is 6. The fraction of sp³-hybridized carbons (Fsp3) is 0.500. The van der Waals surface area contributed by atoms with Crippen molar-refractivity contribution < 1.29 is 9.53 Å². The van der Waals surface area contributed by atoms with Crippen LogP contribution < -0.4 is 22.3 Å². The van der Waals surface area contributed by atoms with Gasteiger partial charge in [-0.2, -0.15) is 10.2 Å². The van der Waals surface area contributed by atoms with Crippen molar-refractivity contribution in [1.29, 1.82) is 0 Å². The normalized spacial score (nSPS) is 12.8. The van der Waals surface area contributed by atoms with Gasteiger partial charge in [0, 0.05) is 6.42 Å². The van der Waals surface area contributed by atoms with Crippen molar-refractivity contribution in [2.75, 3.05) is 0 Å². The molecule has 0 bridgehead atoms. The van der Waals surface area contributed by atoms with Gasteiger partial charge in [-0.15, -0.1) is 0 Å². The summed E-state index contributed by atoms with van der Waals surface area (Å²) in [6.45, 7) is 3.52. The molecule has 20 heavy (non-hydrogen) atoms. The predicted molar refractivity (Wildman–Crippen MR) is 86.2 cm³/mol. The Balaban J connectivity index is 4.77. The molecule has 0 aliphatic heterocycles. The molecule has 0 aliphatic carbocycles. The highest BCUT2D eigenvalue weighted by Gasteiger charge is 2.14. The minimum atomic E-state index is -0.632. The van der Waals surface area contributed by atoms with Crippen molar-refractivity contribution >= 4 is 52.6 Å². The Hall–Kier alpha value is -1.81. The summed E-state index contributed by atoms with van der Waals surface area (Å²) in [5, 5.41) is 7.59. The smallest absolute Gasteiger partial charge is 0.306 e. The summed E-state index contributed by atoms with van der Waals surface area (Å²) in [7, 11) is 0. The first-order valence-electron chi connectivity index (χ1n) is 5.77. The van der Waals surface area contributed by atoms with Gasteiger partial charge >= 0.3 is 5.97 Å². The molecule has 1 unspecified atom stereocenters. The Morgan fingerprint density at radius 1 is 1.35 bits per heavy atom. The number of hydrazone groups is 2. The van der Waals surface area contributed by atoms with Crippen LogP contribution in [0.2, 0.25) is 0 Å². The fourth-order valence-corrected chi connectivity index (χ4v) is 1.13. The molecule has 0 saturated heterocycles. The molecule has 0 aromatic heterocycles. The molecule has 112 valence electrons. The Morgan fingerprint density at radius 2 is 1.95 bits per heavy atom. The molecule has 0 heterocycles. The second-order valence-electron chi connectivity index (χ2n) is 3.63. The number of nitrogens with two attached hydrogens (primary N) is 2. The van der Waals surface area contributed by atoms with Gasteiger partial charge in [0.15, 0.2) is 10.2 Å². The van der Waals surface area contributed by atoms with Gasteiger partial charge in [0.05, 0.1) is 6.21 Å². The lowest BCUT2D eigenvalue weighted by molar-refractivity contribution is -0.145. The van der Waals surface area contributed by atoms with Crippen molar-refractivity contribution in [3.8, 4) is 0 Å². The molecule has 8 nitrogen and oxygen atoms in total. The van der Waals surface area contributed by atoms with Gasteiger partial charge in [0.25, 0.3) is 0 Å². The molecule has 0 aromatic carbocycles. The van der Waals surface area contributed by atoms with Crippen LogP contribution in [-0.2, 0) is 9.53 Å². The summed E-state index contributed by atoms with van der Waals surface area (Å²) < 4.78 is 5.17. The number of carbonyl (C=O) groups excluding carboxylic acids is 1. The molecule has 6 N–H and O–H groups in total. The zero-order valence-electron chi connectivity index (χ0n) is 11.3. The van der Waals surface area contributed by atoms with Crippen molar-refractivity contribution in [2.45, 2.75) is 32.8 Å². The average molecular weight is 318 g/mol. The molecule has 0 rings (SSSR count). The molecule has 1 atom stereocenters. The second-order valence-corrected chi connectivity index (χ2v) is 4.51. The van der Waals surface area contributed by atoms with Crippen molar-refractivity contribution in [3.63, 3.8) is 0 Å². The van der Waals surface area contributed by atoms with E-state index >= 15 is 0 Å². The standard InChI is InChI=1S/C10H18N6O2S2/c1-3-4-8(17)18-6(2)7(14-16-10(12)20)5-13-15-9(11)19/h5-6H,3-4H2,1-2H3,(H3,11,15,19)(H3,12,16,20)/b13-5+,14-7+. The van der Waals surface area contributed by atoms with Crippen LogP contribution in [-0.4, -0.2) is 34.2 Å². The topological polar surface area (TPSA) is 127 Å². The third-order valence-electron chi connectivity index (χ3n) is 1.85. The third-order valence-corrected chi connectivity index (χ3v) is 2.03. The van der Waals surface area contributed by atoms with Gasteiger partial charge in [-0.3, -0.25) is 15.6 Å². The Labute approximate surface area is 128 Å². The third kappa shape index (κ3) is 9.16. The fourth-order valence-electron chi connectivity index (χ4n) is 1.03. The van der Waals surface area contributed by atoms with E-state index in [-0.39, 0.29) is 16.2 Å². The lowest BCUT2D eigenvalue weighted by Crippen LogP contribution is -2.32. The van der Waals surface area contributed by atoms with E-state index in [0.29, 0.717) is 18.6 Å². The lowest BCUT2D eigenvalue weighted by Gasteiger charge is -2.13. The molecule has 0 fully saturated rings. The van der Waals surface area contributed by atoms with Crippen LogP contribution in [0.5, 0.6) is 0 Å². The van der Waals surface area contributed by atoms with Gasteiger partial charge in [-0.25, -0.2) is 0 Å². The predicted octanol–water partition coefficient (Wildman–Crippen LogP) is -0.274. The quantitative estimate of drug-likeness (QED) is 0.219. The molecule has 0 saturated carbocycles. The maximum Gasteiger partial charge on any atom is 0.306 e. The molecule has 0 amide bonds. The summed E-state index contributed by atoms with van der Waals surface area (Å²) in [5.41, 5.74) is 15.5. The zero-order chi connectivity index (χ0) is 15.5. The van der Waals surface area contributed by atoms with E-state index in [0.717, 1.165) is 0 Å². The van der Waals surface area contributed by atoms with Crippen LogP contribution >= 0.6 is 24.4 Å². The molecule has 10 heteroatoms. The summed E-state index contributed by atoms with van der Waals surface area (Å²) in [6, 6.07) is 0. The number of rotatable bonds is 7. The van der Waals surface area contributed by atoms with Gasteiger partial charge in [-0.05, 0) is 37.8 Å². The van der Waals surface area contributed by atoms with E-state index in [1.807, 2.05) is 6.92 Å². The van der Waals surface area contributed by atoms with E-state index in [2.05, 4.69) is 45.5 Å². The Kier molecular flexibility index (Phi) is 9.13. The monoisotopic (exact) mass is 318 g/mol. The van der Waals surface area contributed by atoms with Crippen molar-refractivity contribution in [3.05, 3.63) is 0 Å². The number of ether oxygens (including phenoxy) is 1. The number of nitrogens with zero attached hydrogens (tertiary/aromatic N) is 2. The van der Waals surface area contributed by atoms with Gasteiger partial charge in [0.1, 0.15) is 11.8 Å².